The number of aromatic nitrogens is 1. The van der Waals surface area contributed by atoms with E-state index in [2.05, 4.69) is 75.5 Å². The Morgan fingerprint density at radius 2 is 1.66 bits per heavy atom. The molecule has 3 aromatic carbocycles. The lowest BCUT2D eigenvalue weighted by Crippen LogP contribution is -2.09. The number of nitrogens with zero attached hydrogens (tertiary/aromatic N) is 1. The molecular formula is C25H24N4. The van der Waals surface area contributed by atoms with E-state index in [4.69, 9.17) is 0 Å². The van der Waals surface area contributed by atoms with Gasteiger partial charge in [-0.25, -0.2) is 0 Å². The van der Waals surface area contributed by atoms with E-state index in [1.807, 2.05) is 30.5 Å². The maximum Gasteiger partial charge on any atom is 0.0722 e. The number of hydrogen-bond acceptors (Lipinski definition) is 4. The third-order valence-corrected chi connectivity index (χ3v) is 5.57. The normalized spacial score (nSPS) is 15.0. The molecule has 1 aromatic heterocycles. The third kappa shape index (κ3) is 3.74. The largest absolute Gasteiger partial charge is 0.385 e. The molecule has 1 aliphatic rings. The molecule has 0 spiro atoms. The second kappa shape index (κ2) is 7.84. The summed E-state index contributed by atoms with van der Waals surface area (Å²) < 4.78 is 0. The Balaban J connectivity index is 1.20. The van der Waals surface area contributed by atoms with Crippen LogP contribution in [-0.4, -0.2) is 18.1 Å². The first-order valence-corrected chi connectivity index (χ1v) is 10.1. The minimum atomic E-state index is 0.583. The molecule has 0 fully saturated rings. The lowest BCUT2D eigenvalue weighted by atomic mass is 9.98. The Hall–Kier alpha value is -3.53. The molecule has 0 radical (unpaired) electrons. The van der Waals surface area contributed by atoms with E-state index in [1.165, 1.54) is 11.3 Å². The van der Waals surface area contributed by atoms with Gasteiger partial charge in [-0.05, 0) is 54.4 Å². The van der Waals surface area contributed by atoms with Gasteiger partial charge in [0.2, 0.25) is 0 Å². The quantitative estimate of drug-likeness (QED) is 0.384. The number of nitrogens with one attached hydrogen (secondary N) is 3. The lowest BCUT2D eigenvalue weighted by Gasteiger charge is -2.13. The highest BCUT2D eigenvalue weighted by Crippen LogP contribution is 2.33. The van der Waals surface area contributed by atoms with Crippen molar-refractivity contribution >= 4 is 33.7 Å². The monoisotopic (exact) mass is 380 g/mol. The summed E-state index contributed by atoms with van der Waals surface area (Å²) in [4.78, 5) is 4.42. The van der Waals surface area contributed by atoms with Crippen molar-refractivity contribution in [3.05, 3.63) is 90.6 Å². The molecular weight excluding hydrogens is 356 g/mol. The smallest absolute Gasteiger partial charge is 0.0722 e. The first-order valence-electron chi connectivity index (χ1n) is 10.1. The third-order valence-electron chi connectivity index (χ3n) is 5.57. The van der Waals surface area contributed by atoms with Crippen LogP contribution in [-0.2, 0) is 0 Å². The van der Waals surface area contributed by atoms with E-state index in [-0.39, 0.29) is 0 Å². The van der Waals surface area contributed by atoms with Crippen LogP contribution in [0.3, 0.4) is 0 Å². The first kappa shape index (κ1) is 17.6. The zero-order chi connectivity index (χ0) is 19.5. The van der Waals surface area contributed by atoms with Crippen molar-refractivity contribution in [2.75, 3.05) is 29.0 Å². The number of hydrogen-bond donors (Lipinski definition) is 3. The standard InChI is InChI=1S/C25H24N4/c1-3-7-23-21(5-1)18(17-28-23)13-15-26-19-9-11-20(12-10-19)29-25-14-16-27-24-8-4-2-6-22(24)25/h1-12,14,16,18,26,28H,13,15,17H2,(H,27,29). The van der Waals surface area contributed by atoms with Crippen LogP contribution in [0.2, 0.25) is 0 Å². The summed E-state index contributed by atoms with van der Waals surface area (Å²) in [7, 11) is 0. The average Bonchev–Trinajstić information content (AvgIpc) is 3.18. The Labute approximate surface area is 171 Å². The molecule has 2 heterocycles. The SMILES string of the molecule is c1ccc2c(c1)NCC2CCNc1ccc(Nc2ccnc3ccccc23)cc1. The van der Waals surface area contributed by atoms with E-state index in [0.29, 0.717) is 5.92 Å². The van der Waals surface area contributed by atoms with Crippen LogP contribution in [0.15, 0.2) is 85.1 Å². The number of fused-ring (bicyclic) bond motifs is 2. The van der Waals surface area contributed by atoms with Crippen molar-refractivity contribution in [2.24, 2.45) is 0 Å². The first-order chi connectivity index (χ1) is 14.4. The van der Waals surface area contributed by atoms with E-state index < -0.39 is 0 Å². The van der Waals surface area contributed by atoms with Crippen molar-refractivity contribution in [3.63, 3.8) is 0 Å². The Morgan fingerprint density at radius 1 is 0.862 bits per heavy atom. The lowest BCUT2D eigenvalue weighted by molar-refractivity contribution is 0.701. The number of rotatable bonds is 6. The topological polar surface area (TPSA) is 49.0 Å². The molecule has 144 valence electrons. The molecule has 0 amide bonds. The van der Waals surface area contributed by atoms with E-state index >= 15 is 0 Å². The highest BCUT2D eigenvalue weighted by molar-refractivity contribution is 5.92. The number of pyridine rings is 1. The van der Waals surface area contributed by atoms with E-state index in [9.17, 15) is 0 Å². The summed E-state index contributed by atoms with van der Waals surface area (Å²) in [5.41, 5.74) is 7.02. The van der Waals surface area contributed by atoms with Crippen LogP contribution in [0.5, 0.6) is 0 Å². The number of para-hydroxylation sites is 2. The molecule has 1 atom stereocenters. The van der Waals surface area contributed by atoms with Gasteiger partial charge in [-0.15, -0.1) is 0 Å². The van der Waals surface area contributed by atoms with Gasteiger partial charge in [-0.2, -0.15) is 0 Å². The summed E-state index contributed by atoms with van der Waals surface area (Å²) in [5.74, 6) is 0.583. The molecule has 0 saturated heterocycles. The zero-order valence-corrected chi connectivity index (χ0v) is 16.2. The Morgan fingerprint density at radius 3 is 2.59 bits per heavy atom. The fraction of sp³-hybridized carbons (Fsp3) is 0.160. The van der Waals surface area contributed by atoms with Gasteiger partial charge in [0.25, 0.3) is 0 Å². The summed E-state index contributed by atoms with van der Waals surface area (Å²) in [5, 5.41) is 11.7. The molecule has 29 heavy (non-hydrogen) atoms. The number of anilines is 4. The fourth-order valence-electron chi connectivity index (χ4n) is 4.04. The Bertz CT molecular complexity index is 1120. The van der Waals surface area contributed by atoms with Gasteiger partial charge in [0.1, 0.15) is 0 Å². The predicted octanol–water partition coefficient (Wildman–Crippen LogP) is 5.99. The summed E-state index contributed by atoms with van der Waals surface area (Å²) >= 11 is 0. The maximum atomic E-state index is 4.42. The maximum absolute atomic E-state index is 4.42. The fourth-order valence-corrected chi connectivity index (χ4v) is 4.04. The highest BCUT2D eigenvalue weighted by atomic mass is 14.9. The minimum Gasteiger partial charge on any atom is -0.385 e. The van der Waals surface area contributed by atoms with Crippen molar-refractivity contribution in [3.8, 4) is 0 Å². The summed E-state index contributed by atoms with van der Waals surface area (Å²) in [6.45, 7) is 1.99. The molecule has 5 rings (SSSR count). The molecule has 0 saturated carbocycles. The highest BCUT2D eigenvalue weighted by Gasteiger charge is 2.20. The van der Waals surface area contributed by atoms with Crippen molar-refractivity contribution < 1.29 is 0 Å². The van der Waals surface area contributed by atoms with E-state index in [0.717, 1.165) is 47.5 Å². The van der Waals surface area contributed by atoms with Gasteiger partial charge in [-0.1, -0.05) is 36.4 Å². The molecule has 0 aliphatic carbocycles. The van der Waals surface area contributed by atoms with Gasteiger partial charge in [-0.3, -0.25) is 4.98 Å². The van der Waals surface area contributed by atoms with Crippen LogP contribution in [0.1, 0.15) is 17.9 Å². The van der Waals surface area contributed by atoms with Gasteiger partial charge >= 0.3 is 0 Å². The van der Waals surface area contributed by atoms with Gasteiger partial charge in [0, 0.05) is 53.3 Å². The van der Waals surface area contributed by atoms with Crippen LogP contribution in [0, 0.1) is 0 Å². The molecule has 1 unspecified atom stereocenters. The molecule has 0 bridgehead atoms. The predicted molar refractivity (Wildman–Crippen MR) is 122 cm³/mol. The van der Waals surface area contributed by atoms with Gasteiger partial charge in [0.15, 0.2) is 0 Å². The number of benzene rings is 3. The Kier molecular flexibility index (Phi) is 4.75. The molecule has 3 N–H and O–H groups in total. The zero-order valence-electron chi connectivity index (χ0n) is 16.2. The minimum absolute atomic E-state index is 0.583. The van der Waals surface area contributed by atoms with Crippen LogP contribution in [0.25, 0.3) is 10.9 Å². The average molecular weight is 380 g/mol. The molecule has 4 aromatic rings. The van der Waals surface area contributed by atoms with Crippen LogP contribution in [0.4, 0.5) is 22.7 Å². The van der Waals surface area contributed by atoms with Crippen molar-refractivity contribution in [1.82, 2.24) is 4.98 Å². The van der Waals surface area contributed by atoms with Crippen molar-refractivity contribution in [2.45, 2.75) is 12.3 Å². The second-order valence-electron chi connectivity index (χ2n) is 7.46. The summed E-state index contributed by atoms with van der Waals surface area (Å²) in [6, 6.07) is 27.3. The van der Waals surface area contributed by atoms with Crippen molar-refractivity contribution in [1.29, 1.82) is 0 Å². The molecule has 4 heteroatoms. The van der Waals surface area contributed by atoms with Crippen LogP contribution >= 0.6 is 0 Å². The van der Waals surface area contributed by atoms with Gasteiger partial charge < -0.3 is 16.0 Å². The second-order valence-corrected chi connectivity index (χ2v) is 7.46. The molecule has 4 nitrogen and oxygen atoms in total. The van der Waals surface area contributed by atoms with E-state index in [1.54, 1.807) is 0 Å². The summed E-state index contributed by atoms with van der Waals surface area (Å²) in [6.07, 6.45) is 2.96. The van der Waals surface area contributed by atoms with Crippen LogP contribution < -0.4 is 16.0 Å². The van der Waals surface area contributed by atoms with Gasteiger partial charge in [0.05, 0.1) is 5.52 Å². The molecule has 1 aliphatic heterocycles.